The molecule has 0 saturated carbocycles. The van der Waals surface area contributed by atoms with E-state index >= 15 is 0 Å². The van der Waals surface area contributed by atoms with Crippen molar-refractivity contribution >= 4 is 23.3 Å². The third-order valence-electron chi connectivity index (χ3n) is 6.14. The first-order valence-corrected chi connectivity index (χ1v) is 13.2. The summed E-state index contributed by atoms with van der Waals surface area (Å²) in [7, 11) is 0. The number of anilines is 2. The monoisotopic (exact) mass is 496 g/mol. The lowest BCUT2D eigenvalue weighted by Gasteiger charge is -2.14. The molecule has 0 aliphatic heterocycles. The molecule has 3 rings (SSSR count). The standard InChI is InChI=1S/C32H36N2O3/c1-2-3-4-5-6-7-8-14-23-33-30-24-26(20-19-25-15-10-9-11-16-25)21-22-27(30)31(35)34-29-18-13-12-17-28(29)32(36)37/h9-13,15-18,21-22,24,33H,2-8,14,23H2,1H3,(H,34,35)(H,36,37). The van der Waals surface area contributed by atoms with E-state index in [0.717, 1.165) is 30.5 Å². The van der Waals surface area contributed by atoms with Crippen molar-refractivity contribution in [1.82, 2.24) is 0 Å². The van der Waals surface area contributed by atoms with Gasteiger partial charge in [-0.3, -0.25) is 4.79 Å². The van der Waals surface area contributed by atoms with Crippen LogP contribution in [0.2, 0.25) is 0 Å². The molecule has 37 heavy (non-hydrogen) atoms. The molecule has 0 aliphatic carbocycles. The SMILES string of the molecule is CCCCCCCCCCNc1cc(C#Cc2ccccc2)ccc1C(=O)Nc1ccccc1C(=O)O. The molecule has 0 unspecified atom stereocenters. The Labute approximate surface area is 220 Å². The first kappa shape index (κ1) is 27.5. The van der Waals surface area contributed by atoms with Crippen LogP contribution >= 0.6 is 0 Å². The van der Waals surface area contributed by atoms with Gasteiger partial charge in [-0.25, -0.2) is 4.79 Å². The molecular formula is C32H36N2O3. The van der Waals surface area contributed by atoms with Gasteiger partial charge in [0.05, 0.1) is 16.8 Å². The highest BCUT2D eigenvalue weighted by molar-refractivity contribution is 6.10. The van der Waals surface area contributed by atoms with Crippen molar-refractivity contribution in [2.45, 2.75) is 58.3 Å². The first-order chi connectivity index (χ1) is 18.1. The first-order valence-electron chi connectivity index (χ1n) is 13.2. The summed E-state index contributed by atoms with van der Waals surface area (Å²) in [6.07, 6.45) is 9.81. The summed E-state index contributed by atoms with van der Waals surface area (Å²) >= 11 is 0. The maximum absolute atomic E-state index is 13.2. The van der Waals surface area contributed by atoms with Gasteiger partial charge in [0.15, 0.2) is 0 Å². The fraction of sp³-hybridized carbons (Fsp3) is 0.312. The van der Waals surface area contributed by atoms with E-state index in [1.54, 1.807) is 24.3 Å². The zero-order valence-electron chi connectivity index (χ0n) is 21.6. The number of carboxylic acid groups (broad SMARTS) is 1. The molecule has 0 radical (unpaired) electrons. The Bertz CT molecular complexity index is 1230. The van der Waals surface area contributed by atoms with E-state index in [1.165, 1.54) is 44.6 Å². The van der Waals surface area contributed by atoms with Crippen LogP contribution in [0, 0.1) is 11.8 Å². The Kier molecular flexibility index (Phi) is 11.3. The second kappa shape index (κ2) is 15.2. The molecule has 0 aromatic heterocycles. The van der Waals surface area contributed by atoms with Crippen LogP contribution in [0.25, 0.3) is 0 Å². The topological polar surface area (TPSA) is 78.4 Å². The molecule has 1 amide bonds. The minimum absolute atomic E-state index is 0.0506. The summed E-state index contributed by atoms with van der Waals surface area (Å²) < 4.78 is 0. The highest BCUT2D eigenvalue weighted by Crippen LogP contribution is 2.22. The molecule has 0 fully saturated rings. The van der Waals surface area contributed by atoms with Crippen molar-refractivity contribution < 1.29 is 14.7 Å². The molecule has 0 saturated heterocycles. The number of amides is 1. The van der Waals surface area contributed by atoms with E-state index in [0.29, 0.717) is 11.3 Å². The number of nitrogens with one attached hydrogen (secondary N) is 2. The molecule has 5 nitrogen and oxygen atoms in total. The average Bonchev–Trinajstić information content (AvgIpc) is 2.91. The van der Waals surface area contributed by atoms with Gasteiger partial charge in [-0.15, -0.1) is 0 Å². The number of hydrogen-bond donors (Lipinski definition) is 3. The number of para-hydroxylation sites is 1. The van der Waals surface area contributed by atoms with Crippen LogP contribution in [0.4, 0.5) is 11.4 Å². The van der Waals surface area contributed by atoms with Crippen molar-refractivity contribution in [3.8, 4) is 11.8 Å². The minimum Gasteiger partial charge on any atom is -0.478 e. The molecule has 3 aromatic carbocycles. The van der Waals surface area contributed by atoms with Crippen molar-refractivity contribution in [3.63, 3.8) is 0 Å². The number of aromatic carboxylic acids is 1. The van der Waals surface area contributed by atoms with Gasteiger partial charge >= 0.3 is 5.97 Å². The lowest BCUT2D eigenvalue weighted by molar-refractivity contribution is 0.0698. The lowest BCUT2D eigenvalue weighted by Crippen LogP contribution is -2.17. The fourth-order valence-corrected chi connectivity index (χ4v) is 4.08. The minimum atomic E-state index is -1.09. The van der Waals surface area contributed by atoms with E-state index in [9.17, 15) is 14.7 Å². The normalized spacial score (nSPS) is 10.3. The maximum Gasteiger partial charge on any atom is 0.337 e. The molecule has 3 aromatic rings. The van der Waals surface area contributed by atoms with Crippen molar-refractivity contribution in [3.05, 3.63) is 95.1 Å². The Morgan fingerprint density at radius 1 is 0.703 bits per heavy atom. The highest BCUT2D eigenvalue weighted by Gasteiger charge is 2.16. The molecule has 3 N–H and O–H groups in total. The quantitative estimate of drug-likeness (QED) is 0.168. The van der Waals surface area contributed by atoms with Gasteiger partial charge in [-0.2, -0.15) is 0 Å². The van der Waals surface area contributed by atoms with E-state index in [-0.39, 0.29) is 17.2 Å². The number of carbonyl (C=O) groups is 2. The van der Waals surface area contributed by atoms with Crippen LogP contribution < -0.4 is 10.6 Å². The smallest absolute Gasteiger partial charge is 0.337 e. The third kappa shape index (κ3) is 9.16. The zero-order valence-corrected chi connectivity index (χ0v) is 21.6. The van der Waals surface area contributed by atoms with E-state index < -0.39 is 5.97 Å². The van der Waals surface area contributed by atoms with E-state index in [4.69, 9.17) is 0 Å². The molecule has 192 valence electrons. The number of carbonyl (C=O) groups excluding carboxylic acids is 1. The summed E-state index contributed by atoms with van der Waals surface area (Å²) in [4.78, 5) is 24.7. The lowest BCUT2D eigenvalue weighted by atomic mass is 10.1. The van der Waals surface area contributed by atoms with E-state index in [2.05, 4.69) is 29.4 Å². The van der Waals surface area contributed by atoms with Gasteiger partial charge < -0.3 is 15.7 Å². The van der Waals surface area contributed by atoms with Gasteiger partial charge in [0, 0.05) is 23.4 Å². The second-order valence-electron chi connectivity index (χ2n) is 9.08. The van der Waals surface area contributed by atoms with E-state index in [1.807, 2.05) is 42.5 Å². The number of carboxylic acids is 1. The predicted molar refractivity (Wildman–Crippen MR) is 151 cm³/mol. The predicted octanol–water partition coefficient (Wildman–Crippen LogP) is 7.59. The van der Waals surface area contributed by atoms with Crippen LogP contribution in [0.15, 0.2) is 72.8 Å². The van der Waals surface area contributed by atoms with Crippen LogP contribution in [-0.2, 0) is 0 Å². The van der Waals surface area contributed by atoms with Crippen molar-refractivity contribution in [2.75, 3.05) is 17.2 Å². The number of hydrogen-bond acceptors (Lipinski definition) is 3. The van der Waals surface area contributed by atoms with Crippen LogP contribution in [0.1, 0.15) is 90.1 Å². The molecule has 0 spiro atoms. The Morgan fingerprint density at radius 3 is 2.08 bits per heavy atom. The molecule has 0 aliphatic rings. The largest absolute Gasteiger partial charge is 0.478 e. The summed E-state index contributed by atoms with van der Waals surface area (Å²) in [5, 5.41) is 15.6. The van der Waals surface area contributed by atoms with Crippen molar-refractivity contribution in [2.24, 2.45) is 0 Å². The molecule has 0 heterocycles. The summed E-state index contributed by atoms with van der Waals surface area (Å²) in [6.45, 7) is 2.98. The highest BCUT2D eigenvalue weighted by atomic mass is 16.4. The molecular weight excluding hydrogens is 460 g/mol. The van der Waals surface area contributed by atoms with Crippen LogP contribution in [-0.4, -0.2) is 23.5 Å². The van der Waals surface area contributed by atoms with Gasteiger partial charge in [0.2, 0.25) is 0 Å². The third-order valence-corrected chi connectivity index (χ3v) is 6.14. The molecule has 0 atom stereocenters. The van der Waals surface area contributed by atoms with Crippen LogP contribution in [0.5, 0.6) is 0 Å². The summed E-state index contributed by atoms with van der Waals surface area (Å²) in [5.74, 6) is 4.88. The zero-order chi connectivity index (χ0) is 26.3. The van der Waals surface area contributed by atoms with Crippen molar-refractivity contribution in [1.29, 1.82) is 0 Å². The Morgan fingerprint density at radius 2 is 1.35 bits per heavy atom. The fourth-order valence-electron chi connectivity index (χ4n) is 4.08. The van der Waals surface area contributed by atoms with Gasteiger partial charge in [-0.1, -0.05) is 94.0 Å². The molecule has 0 bridgehead atoms. The number of unbranched alkanes of at least 4 members (excludes halogenated alkanes) is 7. The molecule has 5 heteroatoms. The maximum atomic E-state index is 13.2. The number of rotatable bonds is 13. The van der Waals surface area contributed by atoms with Gasteiger partial charge in [0.25, 0.3) is 5.91 Å². The summed E-state index contributed by atoms with van der Waals surface area (Å²) in [6, 6.07) is 21.6. The van der Waals surface area contributed by atoms with Gasteiger partial charge in [0.1, 0.15) is 0 Å². The Hall–Kier alpha value is -4.04. The van der Waals surface area contributed by atoms with Crippen LogP contribution in [0.3, 0.4) is 0 Å². The number of benzene rings is 3. The van der Waals surface area contributed by atoms with Gasteiger partial charge in [-0.05, 0) is 48.9 Å². The average molecular weight is 497 g/mol. The Balaban J connectivity index is 1.71. The second-order valence-corrected chi connectivity index (χ2v) is 9.08. The summed E-state index contributed by atoms with van der Waals surface area (Å²) in [5.41, 5.74) is 3.17.